The van der Waals surface area contributed by atoms with Crippen LogP contribution in [-0.2, 0) is 0 Å². The van der Waals surface area contributed by atoms with Crippen LogP contribution in [0.2, 0.25) is 0 Å². The summed E-state index contributed by atoms with van der Waals surface area (Å²) in [5.74, 6) is 0.800. The standard InChI is InChI=1S/C14H30N2OS/c1-4-8-16-9-5-6-13(7-10-16)15-11-14(2,17)12-18-3/h13,15,17H,4-12H2,1-3H3. The van der Waals surface area contributed by atoms with Crippen LogP contribution in [0.25, 0.3) is 0 Å². The summed E-state index contributed by atoms with van der Waals surface area (Å²) in [5, 5.41) is 13.7. The smallest absolute Gasteiger partial charge is 0.0833 e. The summed E-state index contributed by atoms with van der Waals surface area (Å²) >= 11 is 1.71. The minimum Gasteiger partial charge on any atom is -0.388 e. The third-order valence-corrected chi connectivity index (χ3v) is 4.50. The first-order valence-corrected chi connectivity index (χ1v) is 8.64. The Hall–Kier alpha value is 0.230. The molecule has 1 rings (SSSR count). The van der Waals surface area contributed by atoms with E-state index in [2.05, 4.69) is 17.1 Å². The van der Waals surface area contributed by atoms with Crippen molar-refractivity contribution in [1.82, 2.24) is 10.2 Å². The number of thioether (sulfide) groups is 1. The lowest BCUT2D eigenvalue weighted by Crippen LogP contribution is -2.44. The van der Waals surface area contributed by atoms with Gasteiger partial charge in [-0.05, 0) is 58.5 Å². The number of aliphatic hydroxyl groups is 1. The average molecular weight is 274 g/mol. The van der Waals surface area contributed by atoms with E-state index >= 15 is 0 Å². The number of hydrogen-bond donors (Lipinski definition) is 2. The van der Waals surface area contributed by atoms with Gasteiger partial charge in [0.2, 0.25) is 0 Å². The molecule has 2 atom stereocenters. The molecule has 0 bridgehead atoms. The predicted molar refractivity (Wildman–Crippen MR) is 81.4 cm³/mol. The van der Waals surface area contributed by atoms with Gasteiger partial charge in [0.05, 0.1) is 5.60 Å². The molecule has 2 N–H and O–H groups in total. The van der Waals surface area contributed by atoms with E-state index in [1.165, 1.54) is 45.3 Å². The molecule has 18 heavy (non-hydrogen) atoms. The van der Waals surface area contributed by atoms with Gasteiger partial charge in [-0.2, -0.15) is 11.8 Å². The van der Waals surface area contributed by atoms with Crippen molar-refractivity contribution in [2.24, 2.45) is 0 Å². The van der Waals surface area contributed by atoms with Crippen molar-refractivity contribution < 1.29 is 5.11 Å². The quantitative estimate of drug-likeness (QED) is 0.744. The summed E-state index contributed by atoms with van der Waals surface area (Å²) in [7, 11) is 0. The Bertz CT molecular complexity index is 224. The second-order valence-corrected chi connectivity index (χ2v) is 6.65. The normalized spacial score (nSPS) is 25.7. The minimum atomic E-state index is -0.575. The van der Waals surface area contributed by atoms with E-state index in [1.807, 2.05) is 13.2 Å². The van der Waals surface area contributed by atoms with Crippen molar-refractivity contribution in [2.45, 2.75) is 51.2 Å². The van der Waals surface area contributed by atoms with Gasteiger partial charge in [-0.25, -0.2) is 0 Å². The van der Waals surface area contributed by atoms with Gasteiger partial charge in [-0.1, -0.05) is 6.92 Å². The van der Waals surface area contributed by atoms with E-state index in [0.29, 0.717) is 12.6 Å². The molecule has 0 aromatic rings. The van der Waals surface area contributed by atoms with Crippen LogP contribution in [0.4, 0.5) is 0 Å². The average Bonchev–Trinajstić information content (AvgIpc) is 2.53. The Labute approximate surface area is 117 Å². The van der Waals surface area contributed by atoms with Crippen LogP contribution in [0, 0.1) is 0 Å². The molecule has 1 aliphatic rings. The molecule has 2 unspecified atom stereocenters. The highest BCUT2D eigenvalue weighted by atomic mass is 32.2. The van der Waals surface area contributed by atoms with Crippen molar-refractivity contribution in [2.75, 3.05) is 38.2 Å². The SMILES string of the molecule is CCCN1CCCC(NCC(C)(O)CSC)CC1. The van der Waals surface area contributed by atoms with Crippen molar-refractivity contribution in [3.63, 3.8) is 0 Å². The Balaban J connectivity index is 2.27. The van der Waals surface area contributed by atoms with E-state index in [9.17, 15) is 5.11 Å². The van der Waals surface area contributed by atoms with Crippen LogP contribution < -0.4 is 5.32 Å². The molecule has 0 aliphatic carbocycles. The zero-order valence-corrected chi connectivity index (χ0v) is 13.1. The van der Waals surface area contributed by atoms with Gasteiger partial charge in [0.1, 0.15) is 0 Å². The van der Waals surface area contributed by atoms with Gasteiger partial charge in [0.25, 0.3) is 0 Å². The zero-order chi connectivity index (χ0) is 13.4. The van der Waals surface area contributed by atoms with Crippen LogP contribution in [0.1, 0.15) is 39.5 Å². The summed E-state index contributed by atoms with van der Waals surface area (Å²) in [6.45, 7) is 8.57. The van der Waals surface area contributed by atoms with Crippen molar-refractivity contribution in [1.29, 1.82) is 0 Å². The molecule has 0 amide bonds. The van der Waals surface area contributed by atoms with Crippen LogP contribution >= 0.6 is 11.8 Å². The van der Waals surface area contributed by atoms with Gasteiger partial charge in [-0.15, -0.1) is 0 Å². The maximum Gasteiger partial charge on any atom is 0.0833 e. The molecule has 0 saturated carbocycles. The summed E-state index contributed by atoms with van der Waals surface area (Å²) in [4.78, 5) is 2.57. The maximum atomic E-state index is 10.2. The molecule has 1 heterocycles. The third-order valence-electron chi connectivity index (χ3n) is 3.59. The fourth-order valence-corrected chi connectivity index (χ4v) is 3.35. The number of rotatable bonds is 7. The van der Waals surface area contributed by atoms with E-state index in [-0.39, 0.29) is 0 Å². The van der Waals surface area contributed by atoms with Crippen LogP contribution in [-0.4, -0.2) is 59.8 Å². The second-order valence-electron chi connectivity index (χ2n) is 5.78. The molecule has 4 heteroatoms. The molecule has 0 radical (unpaired) electrons. The molecule has 3 nitrogen and oxygen atoms in total. The molecule has 1 saturated heterocycles. The van der Waals surface area contributed by atoms with Crippen LogP contribution in [0.3, 0.4) is 0 Å². The highest BCUT2D eigenvalue weighted by molar-refractivity contribution is 7.98. The first-order chi connectivity index (χ1) is 8.57. The Morgan fingerprint density at radius 3 is 2.83 bits per heavy atom. The molecule has 0 spiro atoms. The zero-order valence-electron chi connectivity index (χ0n) is 12.2. The molecule has 1 fully saturated rings. The van der Waals surface area contributed by atoms with Crippen molar-refractivity contribution in [3.05, 3.63) is 0 Å². The molecule has 1 aliphatic heterocycles. The molecule has 0 aromatic carbocycles. The molecular weight excluding hydrogens is 244 g/mol. The van der Waals surface area contributed by atoms with Gasteiger partial charge in [0.15, 0.2) is 0 Å². The Morgan fingerprint density at radius 1 is 1.39 bits per heavy atom. The minimum absolute atomic E-state index is 0.575. The lowest BCUT2D eigenvalue weighted by atomic mass is 10.1. The van der Waals surface area contributed by atoms with Gasteiger partial charge >= 0.3 is 0 Å². The fourth-order valence-electron chi connectivity index (χ4n) is 2.63. The van der Waals surface area contributed by atoms with Crippen molar-refractivity contribution in [3.8, 4) is 0 Å². The van der Waals surface area contributed by atoms with Crippen LogP contribution in [0.5, 0.6) is 0 Å². The first kappa shape index (κ1) is 16.3. The number of likely N-dealkylation sites (tertiary alicyclic amines) is 1. The largest absolute Gasteiger partial charge is 0.388 e. The Kier molecular flexibility index (Phi) is 7.61. The Morgan fingerprint density at radius 2 is 2.17 bits per heavy atom. The maximum absolute atomic E-state index is 10.2. The summed E-state index contributed by atoms with van der Waals surface area (Å²) in [6.07, 6.45) is 7.04. The number of nitrogens with zero attached hydrogens (tertiary/aromatic N) is 1. The number of nitrogens with one attached hydrogen (secondary N) is 1. The van der Waals surface area contributed by atoms with Gasteiger partial charge in [0, 0.05) is 18.3 Å². The highest BCUT2D eigenvalue weighted by Gasteiger charge is 2.22. The predicted octanol–water partition coefficient (Wildman–Crippen LogP) is 1.95. The monoisotopic (exact) mass is 274 g/mol. The lowest BCUT2D eigenvalue weighted by molar-refractivity contribution is 0.0807. The fraction of sp³-hybridized carbons (Fsp3) is 1.00. The van der Waals surface area contributed by atoms with Gasteiger partial charge in [-0.3, -0.25) is 0 Å². The first-order valence-electron chi connectivity index (χ1n) is 7.24. The molecule has 0 aromatic heterocycles. The summed E-state index contributed by atoms with van der Waals surface area (Å²) in [5.41, 5.74) is -0.575. The lowest BCUT2D eigenvalue weighted by Gasteiger charge is -2.26. The molecule has 108 valence electrons. The topological polar surface area (TPSA) is 35.5 Å². The van der Waals surface area contributed by atoms with E-state index < -0.39 is 5.60 Å². The van der Waals surface area contributed by atoms with Crippen molar-refractivity contribution >= 4 is 11.8 Å². The second kappa shape index (κ2) is 8.41. The van der Waals surface area contributed by atoms with E-state index in [0.717, 1.165) is 5.75 Å². The van der Waals surface area contributed by atoms with E-state index in [1.54, 1.807) is 11.8 Å². The summed E-state index contributed by atoms with van der Waals surface area (Å²) < 4.78 is 0. The van der Waals surface area contributed by atoms with E-state index in [4.69, 9.17) is 0 Å². The highest BCUT2D eigenvalue weighted by Crippen LogP contribution is 2.14. The molecular formula is C14H30N2OS. The van der Waals surface area contributed by atoms with Gasteiger partial charge < -0.3 is 15.3 Å². The third kappa shape index (κ3) is 6.41. The number of hydrogen-bond acceptors (Lipinski definition) is 4. The van der Waals surface area contributed by atoms with Crippen LogP contribution in [0.15, 0.2) is 0 Å². The summed E-state index contributed by atoms with van der Waals surface area (Å²) in [6, 6.07) is 0.584.